The van der Waals surface area contributed by atoms with Gasteiger partial charge in [0, 0.05) is 17.1 Å². The monoisotopic (exact) mass is 272 g/mol. The Morgan fingerprint density at radius 1 is 1.11 bits per heavy atom. The van der Waals surface area contributed by atoms with Crippen molar-refractivity contribution in [1.82, 2.24) is 9.97 Å². The lowest BCUT2D eigenvalue weighted by atomic mass is 10.1. The lowest BCUT2D eigenvalue weighted by Gasteiger charge is -2.08. The zero-order chi connectivity index (χ0) is 13.2. The fourth-order valence-electron chi connectivity index (χ4n) is 2.06. The zero-order valence-electron chi connectivity index (χ0n) is 9.98. The number of alkyl halides is 1. The normalized spacial score (nSPS) is 10.8. The number of aromatic nitrogens is 2. The van der Waals surface area contributed by atoms with Crippen molar-refractivity contribution in [2.24, 2.45) is 0 Å². The standard InChI is InChI=1S/C15H10ClFN2/c16-15-11(10-4-2-1-3-5-10)8-12-13(19-15)6-7-18-14(12)9-17/h1-8H,9H2. The van der Waals surface area contributed by atoms with Gasteiger partial charge in [-0.3, -0.25) is 4.98 Å². The van der Waals surface area contributed by atoms with Crippen LogP contribution in [0.2, 0.25) is 5.15 Å². The van der Waals surface area contributed by atoms with Crippen LogP contribution in [0.25, 0.3) is 22.0 Å². The molecule has 2 aromatic heterocycles. The van der Waals surface area contributed by atoms with E-state index in [0.717, 1.165) is 11.1 Å². The molecule has 94 valence electrons. The van der Waals surface area contributed by atoms with E-state index in [-0.39, 0.29) is 0 Å². The third-order valence-electron chi connectivity index (χ3n) is 2.99. The van der Waals surface area contributed by atoms with Gasteiger partial charge in [-0.2, -0.15) is 0 Å². The van der Waals surface area contributed by atoms with Crippen LogP contribution in [0.5, 0.6) is 0 Å². The van der Waals surface area contributed by atoms with Crippen molar-refractivity contribution in [3.63, 3.8) is 0 Å². The molecule has 0 aliphatic heterocycles. The molecule has 3 rings (SSSR count). The largest absolute Gasteiger partial charge is 0.258 e. The highest BCUT2D eigenvalue weighted by atomic mass is 35.5. The first-order valence-electron chi connectivity index (χ1n) is 5.85. The number of hydrogen-bond donors (Lipinski definition) is 0. The first-order valence-corrected chi connectivity index (χ1v) is 6.23. The van der Waals surface area contributed by atoms with Crippen LogP contribution in [-0.2, 0) is 6.67 Å². The molecule has 2 heterocycles. The van der Waals surface area contributed by atoms with Crippen LogP contribution in [0.4, 0.5) is 4.39 Å². The van der Waals surface area contributed by atoms with E-state index in [2.05, 4.69) is 9.97 Å². The van der Waals surface area contributed by atoms with E-state index in [1.54, 1.807) is 12.3 Å². The first-order chi connectivity index (χ1) is 9.29. The number of hydrogen-bond acceptors (Lipinski definition) is 2. The number of halogens is 2. The molecule has 0 amide bonds. The highest BCUT2D eigenvalue weighted by Crippen LogP contribution is 2.30. The van der Waals surface area contributed by atoms with Crippen molar-refractivity contribution in [2.75, 3.05) is 0 Å². The van der Waals surface area contributed by atoms with Gasteiger partial charge in [0.05, 0.1) is 11.2 Å². The maximum absolute atomic E-state index is 13.0. The van der Waals surface area contributed by atoms with Crippen molar-refractivity contribution < 1.29 is 4.39 Å². The molecule has 1 aromatic carbocycles. The summed E-state index contributed by atoms with van der Waals surface area (Å²) in [5, 5.41) is 1.11. The Hall–Kier alpha value is -2.00. The Balaban J connectivity index is 2.29. The van der Waals surface area contributed by atoms with E-state index >= 15 is 0 Å². The molecule has 0 unspecified atom stereocenters. The van der Waals surface area contributed by atoms with Crippen LogP contribution in [-0.4, -0.2) is 9.97 Å². The van der Waals surface area contributed by atoms with Crippen molar-refractivity contribution >= 4 is 22.5 Å². The molecule has 0 bridgehead atoms. The molecule has 0 atom stereocenters. The van der Waals surface area contributed by atoms with E-state index in [1.807, 2.05) is 36.4 Å². The van der Waals surface area contributed by atoms with Crippen LogP contribution in [0.3, 0.4) is 0 Å². The lowest BCUT2D eigenvalue weighted by Crippen LogP contribution is -1.92. The predicted molar refractivity (Wildman–Crippen MR) is 74.8 cm³/mol. The molecule has 0 N–H and O–H groups in total. The van der Waals surface area contributed by atoms with E-state index in [0.29, 0.717) is 21.7 Å². The Morgan fingerprint density at radius 2 is 1.89 bits per heavy atom. The van der Waals surface area contributed by atoms with Gasteiger partial charge in [0.1, 0.15) is 11.8 Å². The number of pyridine rings is 2. The van der Waals surface area contributed by atoms with Gasteiger partial charge in [0.25, 0.3) is 0 Å². The minimum Gasteiger partial charge on any atom is -0.258 e. The van der Waals surface area contributed by atoms with Gasteiger partial charge in [-0.25, -0.2) is 9.37 Å². The number of rotatable bonds is 2. The SMILES string of the molecule is FCc1nccc2nc(Cl)c(-c3ccccc3)cc12. The molecule has 0 aliphatic carbocycles. The van der Waals surface area contributed by atoms with E-state index in [4.69, 9.17) is 11.6 Å². The summed E-state index contributed by atoms with van der Waals surface area (Å²) in [6.45, 7) is -0.616. The van der Waals surface area contributed by atoms with Gasteiger partial charge < -0.3 is 0 Å². The van der Waals surface area contributed by atoms with Gasteiger partial charge in [-0.1, -0.05) is 41.9 Å². The minimum absolute atomic E-state index is 0.388. The average Bonchev–Trinajstić information content (AvgIpc) is 2.46. The van der Waals surface area contributed by atoms with Crippen molar-refractivity contribution in [1.29, 1.82) is 0 Å². The molecule has 3 aromatic rings. The molecule has 0 saturated carbocycles. The van der Waals surface area contributed by atoms with Gasteiger partial charge in [-0.05, 0) is 17.7 Å². The summed E-state index contributed by atoms with van der Waals surface area (Å²) in [7, 11) is 0. The molecule has 4 heteroatoms. The quantitative estimate of drug-likeness (QED) is 0.646. The molecule has 19 heavy (non-hydrogen) atoms. The molecule has 0 radical (unpaired) electrons. The number of nitrogens with zero attached hydrogens (tertiary/aromatic N) is 2. The number of benzene rings is 1. The molecular formula is C15H10ClFN2. The predicted octanol–water partition coefficient (Wildman–Crippen LogP) is 4.42. The molecule has 0 saturated heterocycles. The lowest BCUT2D eigenvalue weighted by molar-refractivity contribution is 0.479. The average molecular weight is 273 g/mol. The van der Waals surface area contributed by atoms with E-state index in [9.17, 15) is 4.39 Å². The Bertz CT molecular complexity index is 729. The topological polar surface area (TPSA) is 25.8 Å². The second-order valence-corrected chi connectivity index (χ2v) is 4.51. The summed E-state index contributed by atoms with van der Waals surface area (Å²) in [5.41, 5.74) is 2.79. The van der Waals surface area contributed by atoms with Crippen molar-refractivity contribution in [3.05, 3.63) is 59.5 Å². The molecule has 0 aliphatic rings. The van der Waals surface area contributed by atoms with Gasteiger partial charge in [0.15, 0.2) is 0 Å². The minimum atomic E-state index is -0.616. The summed E-state index contributed by atoms with van der Waals surface area (Å²) in [6, 6.07) is 13.3. The van der Waals surface area contributed by atoms with Gasteiger partial charge in [0.2, 0.25) is 0 Å². The van der Waals surface area contributed by atoms with Crippen LogP contribution in [0, 0.1) is 0 Å². The molecule has 0 fully saturated rings. The maximum atomic E-state index is 13.0. The summed E-state index contributed by atoms with van der Waals surface area (Å²) in [5.74, 6) is 0. The molecule has 2 nitrogen and oxygen atoms in total. The third kappa shape index (κ3) is 2.17. The fraction of sp³-hybridized carbons (Fsp3) is 0.0667. The summed E-state index contributed by atoms with van der Waals surface area (Å²) in [6.07, 6.45) is 1.54. The second-order valence-electron chi connectivity index (χ2n) is 4.15. The highest BCUT2D eigenvalue weighted by Gasteiger charge is 2.10. The Labute approximate surface area is 114 Å². The second kappa shape index (κ2) is 4.94. The van der Waals surface area contributed by atoms with Crippen LogP contribution in [0.15, 0.2) is 48.7 Å². The van der Waals surface area contributed by atoms with Crippen LogP contribution in [0.1, 0.15) is 5.69 Å². The fourth-order valence-corrected chi connectivity index (χ4v) is 2.31. The van der Waals surface area contributed by atoms with E-state index in [1.165, 1.54) is 0 Å². The van der Waals surface area contributed by atoms with Crippen molar-refractivity contribution in [3.8, 4) is 11.1 Å². The smallest absolute Gasteiger partial charge is 0.137 e. The summed E-state index contributed by atoms with van der Waals surface area (Å²) < 4.78 is 13.0. The van der Waals surface area contributed by atoms with Gasteiger partial charge >= 0.3 is 0 Å². The zero-order valence-corrected chi connectivity index (χ0v) is 10.7. The number of fused-ring (bicyclic) bond motifs is 1. The Kier molecular flexibility index (Phi) is 3.13. The summed E-state index contributed by atoms with van der Waals surface area (Å²) >= 11 is 6.21. The van der Waals surface area contributed by atoms with E-state index < -0.39 is 6.67 Å². The maximum Gasteiger partial charge on any atom is 0.137 e. The van der Waals surface area contributed by atoms with Crippen LogP contribution < -0.4 is 0 Å². The molecule has 0 spiro atoms. The summed E-state index contributed by atoms with van der Waals surface area (Å²) in [4.78, 5) is 8.35. The third-order valence-corrected chi connectivity index (χ3v) is 3.28. The van der Waals surface area contributed by atoms with Crippen LogP contribution >= 0.6 is 11.6 Å². The van der Waals surface area contributed by atoms with Crippen molar-refractivity contribution in [2.45, 2.75) is 6.67 Å². The highest BCUT2D eigenvalue weighted by molar-refractivity contribution is 6.32. The first kappa shape index (κ1) is 12.1. The molecular weight excluding hydrogens is 263 g/mol. The van der Waals surface area contributed by atoms with Gasteiger partial charge in [-0.15, -0.1) is 0 Å². The Morgan fingerprint density at radius 3 is 2.63 bits per heavy atom.